The van der Waals surface area contributed by atoms with Gasteiger partial charge in [-0.25, -0.2) is 4.79 Å². The van der Waals surface area contributed by atoms with Crippen LogP contribution >= 0.6 is 0 Å². The summed E-state index contributed by atoms with van der Waals surface area (Å²) >= 11 is 0. The van der Waals surface area contributed by atoms with E-state index in [4.69, 9.17) is 4.74 Å². The minimum absolute atomic E-state index is 0.0793. The Kier molecular flexibility index (Phi) is 4.79. The number of para-hydroxylation sites is 2. The average Bonchev–Trinajstić information content (AvgIpc) is 3.34. The van der Waals surface area contributed by atoms with E-state index < -0.39 is 0 Å². The largest absolute Gasteiger partial charge is 0.489 e. The number of hydrogen-bond acceptors (Lipinski definition) is 5. The number of nitrogens with one attached hydrogen (secondary N) is 3. The number of ether oxygens (including phenoxy) is 1. The van der Waals surface area contributed by atoms with Crippen LogP contribution in [-0.4, -0.2) is 28.4 Å². The lowest BCUT2D eigenvalue weighted by molar-refractivity contribution is 0.244. The van der Waals surface area contributed by atoms with Crippen LogP contribution in [0.25, 0.3) is 0 Å². The molecule has 3 N–H and O–H groups in total. The highest BCUT2D eigenvalue weighted by molar-refractivity contribution is 5.88. The molecule has 7 heteroatoms. The van der Waals surface area contributed by atoms with Gasteiger partial charge in [0.15, 0.2) is 11.6 Å². The standard InChI is InChI=1S/C17H21N5O2/c1-11(2)24-14-6-4-3-5-13(14)19-15-9-10-16(22-21-15)20-17(23)18-12-7-8-12/h3-6,9-12H,7-8H2,1-2H3,(H,19,21)(H2,18,20,22,23). The van der Waals surface area contributed by atoms with Crippen LogP contribution in [0, 0.1) is 0 Å². The second kappa shape index (κ2) is 7.16. The van der Waals surface area contributed by atoms with E-state index in [-0.39, 0.29) is 12.1 Å². The molecule has 1 aliphatic rings. The Morgan fingerprint density at radius 1 is 1.12 bits per heavy atom. The van der Waals surface area contributed by atoms with E-state index in [1.54, 1.807) is 12.1 Å². The zero-order valence-electron chi connectivity index (χ0n) is 13.7. The third kappa shape index (κ3) is 4.58. The summed E-state index contributed by atoms with van der Waals surface area (Å²) in [4.78, 5) is 11.7. The number of benzene rings is 1. The molecule has 2 amide bonds. The number of urea groups is 1. The van der Waals surface area contributed by atoms with E-state index in [1.807, 2.05) is 38.1 Å². The van der Waals surface area contributed by atoms with Crippen molar-refractivity contribution in [2.45, 2.75) is 38.8 Å². The van der Waals surface area contributed by atoms with Gasteiger partial charge in [-0.3, -0.25) is 5.32 Å². The van der Waals surface area contributed by atoms with Gasteiger partial charge < -0.3 is 15.4 Å². The molecule has 1 aromatic heterocycles. The van der Waals surface area contributed by atoms with Gasteiger partial charge in [0.2, 0.25) is 0 Å². The summed E-state index contributed by atoms with van der Waals surface area (Å²) in [5, 5.41) is 16.8. The number of nitrogens with zero attached hydrogens (tertiary/aromatic N) is 2. The average molecular weight is 327 g/mol. The SMILES string of the molecule is CC(C)Oc1ccccc1Nc1ccc(NC(=O)NC2CC2)nn1. The molecule has 1 aromatic carbocycles. The highest BCUT2D eigenvalue weighted by Gasteiger charge is 2.23. The van der Waals surface area contributed by atoms with Crippen LogP contribution in [0.5, 0.6) is 5.75 Å². The number of carbonyl (C=O) groups is 1. The van der Waals surface area contributed by atoms with Crippen molar-refractivity contribution in [1.29, 1.82) is 0 Å². The highest BCUT2D eigenvalue weighted by atomic mass is 16.5. The lowest BCUT2D eigenvalue weighted by Crippen LogP contribution is -2.30. The number of hydrogen-bond donors (Lipinski definition) is 3. The van der Waals surface area contributed by atoms with Crippen molar-refractivity contribution < 1.29 is 9.53 Å². The molecule has 0 bridgehead atoms. The molecule has 0 unspecified atom stereocenters. The van der Waals surface area contributed by atoms with Crippen molar-refractivity contribution >= 4 is 23.4 Å². The molecule has 1 fully saturated rings. The van der Waals surface area contributed by atoms with Crippen molar-refractivity contribution in [3.05, 3.63) is 36.4 Å². The number of anilines is 3. The van der Waals surface area contributed by atoms with Crippen LogP contribution in [0.3, 0.4) is 0 Å². The van der Waals surface area contributed by atoms with Crippen LogP contribution in [0.4, 0.5) is 22.1 Å². The van der Waals surface area contributed by atoms with Crippen molar-refractivity contribution in [1.82, 2.24) is 15.5 Å². The molecule has 0 radical (unpaired) electrons. The smallest absolute Gasteiger partial charge is 0.320 e. The van der Waals surface area contributed by atoms with Gasteiger partial charge in [-0.05, 0) is 51.0 Å². The molecular formula is C17H21N5O2. The Morgan fingerprint density at radius 2 is 1.83 bits per heavy atom. The monoisotopic (exact) mass is 327 g/mol. The summed E-state index contributed by atoms with van der Waals surface area (Å²) in [5.74, 6) is 1.73. The minimum Gasteiger partial charge on any atom is -0.489 e. The van der Waals surface area contributed by atoms with Crippen molar-refractivity contribution in [2.75, 3.05) is 10.6 Å². The molecular weight excluding hydrogens is 306 g/mol. The summed E-state index contributed by atoms with van der Waals surface area (Å²) in [6.45, 7) is 3.95. The minimum atomic E-state index is -0.247. The molecule has 0 saturated heterocycles. The molecule has 3 rings (SSSR count). The van der Waals surface area contributed by atoms with Crippen molar-refractivity contribution in [3.63, 3.8) is 0 Å². The van der Waals surface area contributed by atoms with E-state index >= 15 is 0 Å². The molecule has 24 heavy (non-hydrogen) atoms. The van der Waals surface area contributed by atoms with E-state index in [0.29, 0.717) is 17.7 Å². The third-order valence-electron chi connectivity index (χ3n) is 3.33. The van der Waals surface area contributed by atoms with Gasteiger partial charge in [0.25, 0.3) is 0 Å². The number of rotatable bonds is 6. The first-order chi connectivity index (χ1) is 11.6. The maximum Gasteiger partial charge on any atom is 0.320 e. The normalized spacial score (nSPS) is 13.5. The predicted octanol–water partition coefficient (Wildman–Crippen LogP) is 3.29. The Labute approximate surface area is 140 Å². The topological polar surface area (TPSA) is 88.2 Å². The lowest BCUT2D eigenvalue weighted by Gasteiger charge is -2.15. The van der Waals surface area contributed by atoms with Gasteiger partial charge in [-0.1, -0.05) is 12.1 Å². The maximum atomic E-state index is 11.7. The van der Waals surface area contributed by atoms with Gasteiger partial charge in [-0.15, -0.1) is 10.2 Å². The Morgan fingerprint density at radius 3 is 2.50 bits per heavy atom. The molecule has 2 aromatic rings. The van der Waals surface area contributed by atoms with Gasteiger partial charge in [0, 0.05) is 6.04 Å². The van der Waals surface area contributed by atoms with E-state index in [0.717, 1.165) is 24.3 Å². The molecule has 0 atom stereocenters. The maximum absolute atomic E-state index is 11.7. The van der Waals surface area contributed by atoms with Crippen LogP contribution in [0.15, 0.2) is 36.4 Å². The summed E-state index contributed by atoms with van der Waals surface area (Å²) in [6.07, 6.45) is 2.16. The number of carbonyl (C=O) groups excluding carboxylic acids is 1. The van der Waals surface area contributed by atoms with Crippen molar-refractivity contribution in [2.24, 2.45) is 0 Å². The third-order valence-corrected chi connectivity index (χ3v) is 3.33. The molecule has 7 nitrogen and oxygen atoms in total. The molecule has 1 heterocycles. The first-order valence-corrected chi connectivity index (χ1v) is 8.04. The van der Waals surface area contributed by atoms with Crippen LogP contribution < -0.4 is 20.7 Å². The highest BCUT2D eigenvalue weighted by Crippen LogP contribution is 2.27. The Balaban J connectivity index is 1.62. The fraction of sp³-hybridized carbons (Fsp3) is 0.353. The fourth-order valence-corrected chi connectivity index (χ4v) is 2.10. The van der Waals surface area contributed by atoms with Crippen LogP contribution in [0.1, 0.15) is 26.7 Å². The van der Waals surface area contributed by atoms with Crippen LogP contribution in [-0.2, 0) is 0 Å². The van der Waals surface area contributed by atoms with Gasteiger partial charge in [0.05, 0.1) is 11.8 Å². The number of aromatic nitrogens is 2. The number of amides is 2. The van der Waals surface area contributed by atoms with E-state index in [2.05, 4.69) is 26.1 Å². The molecule has 0 spiro atoms. The van der Waals surface area contributed by atoms with E-state index in [1.165, 1.54) is 0 Å². The second-order valence-corrected chi connectivity index (χ2v) is 5.96. The van der Waals surface area contributed by atoms with Gasteiger partial charge >= 0.3 is 6.03 Å². The quantitative estimate of drug-likeness (QED) is 0.757. The van der Waals surface area contributed by atoms with Gasteiger partial charge in [-0.2, -0.15) is 0 Å². The fourth-order valence-electron chi connectivity index (χ4n) is 2.10. The van der Waals surface area contributed by atoms with Crippen molar-refractivity contribution in [3.8, 4) is 5.75 Å². The molecule has 0 aliphatic heterocycles. The summed E-state index contributed by atoms with van der Waals surface area (Å²) in [5.41, 5.74) is 0.813. The molecule has 1 aliphatic carbocycles. The Hall–Kier alpha value is -2.83. The van der Waals surface area contributed by atoms with Gasteiger partial charge in [0.1, 0.15) is 5.75 Å². The lowest BCUT2D eigenvalue weighted by atomic mass is 10.3. The molecule has 1 saturated carbocycles. The van der Waals surface area contributed by atoms with Crippen LogP contribution in [0.2, 0.25) is 0 Å². The Bertz CT molecular complexity index is 698. The summed E-state index contributed by atoms with van der Waals surface area (Å²) in [6, 6.07) is 11.2. The zero-order chi connectivity index (χ0) is 16.9. The summed E-state index contributed by atoms with van der Waals surface area (Å²) in [7, 11) is 0. The summed E-state index contributed by atoms with van der Waals surface area (Å²) < 4.78 is 5.76. The zero-order valence-corrected chi connectivity index (χ0v) is 13.7. The van der Waals surface area contributed by atoms with E-state index in [9.17, 15) is 4.79 Å². The first kappa shape index (κ1) is 16.0. The first-order valence-electron chi connectivity index (χ1n) is 8.04. The molecule has 126 valence electrons. The second-order valence-electron chi connectivity index (χ2n) is 5.96. The predicted molar refractivity (Wildman–Crippen MR) is 92.7 cm³/mol.